The summed E-state index contributed by atoms with van der Waals surface area (Å²) in [7, 11) is 0. The van der Waals surface area contributed by atoms with Gasteiger partial charge in [-0.3, -0.25) is 4.98 Å². The Hall–Kier alpha value is -2.66. The van der Waals surface area contributed by atoms with E-state index in [0.717, 1.165) is 34.3 Å². The van der Waals surface area contributed by atoms with Crippen LogP contribution >= 0.6 is 0 Å². The molecule has 0 aliphatic carbocycles. The van der Waals surface area contributed by atoms with Crippen LogP contribution in [0.1, 0.15) is 18.1 Å². The topological polar surface area (TPSA) is 25.8 Å². The van der Waals surface area contributed by atoms with Crippen LogP contribution in [0.15, 0.2) is 48.7 Å². The van der Waals surface area contributed by atoms with Gasteiger partial charge in [-0.2, -0.15) is 0 Å². The molecule has 1 aromatic carbocycles. The fourth-order valence-electron chi connectivity index (χ4n) is 2.34. The lowest BCUT2D eigenvalue weighted by atomic mass is 10.0. The summed E-state index contributed by atoms with van der Waals surface area (Å²) in [6.07, 6.45) is 8.21. The smallest absolute Gasteiger partial charge is 0.105 e. The van der Waals surface area contributed by atoms with Crippen molar-refractivity contribution >= 4 is 11.0 Å². The molecule has 2 nitrogen and oxygen atoms in total. The van der Waals surface area contributed by atoms with Crippen molar-refractivity contribution in [3.63, 3.8) is 0 Å². The summed E-state index contributed by atoms with van der Waals surface area (Å²) in [5.74, 6) is 2.68. The van der Waals surface area contributed by atoms with Crippen LogP contribution in [0.5, 0.6) is 0 Å². The molecule has 96 valence electrons. The summed E-state index contributed by atoms with van der Waals surface area (Å²) >= 11 is 0. The van der Waals surface area contributed by atoms with Crippen LogP contribution < -0.4 is 0 Å². The van der Waals surface area contributed by atoms with Gasteiger partial charge in [0.15, 0.2) is 0 Å². The third-order valence-corrected chi connectivity index (χ3v) is 3.37. The molecule has 0 aliphatic heterocycles. The summed E-state index contributed by atoms with van der Waals surface area (Å²) < 4.78 is 0. The summed E-state index contributed by atoms with van der Waals surface area (Å²) in [4.78, 5) is 9.16. The van der Waals surface area contributed by atoms with Gasteiger partial charge in [0.05, 0.1) is 16.8 Å². The molecule has 3 aromatic rings. The lowest BCUT2D eigenvalue weighted by Crippen LogP contribution is -1.96. The number of aromatic nitrogens is 2. The average molecular weight is 258 g/mol. The normalized spacial score (nSPS) is 10.4. The summed E-state index contributed by atoms with van der Waals surface area (Å²) in [5.41, 5.74) is 5.73. The van der Waals surface area contributed by atoms with Gasteiger partial charge in [-0.15, -0.1) is 6.42 Å². The lowest BCUT2D eigenvalue weighted by Gasteiger charge is -2.10. The number of rotatable bonds is 2. The van der Waals surface area contributed by atoms with Crippen molar-refractivity contribution in [2.24, 2.45) is 0 Å². The van der Waals surface area contributed by atoms with E-state index in [1.54, 1.807) is 6.20 Å². The molecule has 0 spiro atoms. The Morgan fingerprint density at radius 1 is 1.15 bits per heavy atom. The standard InChI is InChI=1S/C18H14N2/c1-3-13-10-11-19-16-12-14(4-2)17(20-18(13)16)15-8-6-5-7-9-15/h1,5-12H,4H2,2H3. The minimum Gasteiger partial charge on any atom is -0.255 e. The Balaban J connectivity index is 2.34. The predicted molar refractivity (Wildman–Crippen MR) is 82.3 cm³/mol. The molecule has 0 saturated heterocycles. The first-order valence-electron chi connectivity index (χ1n) is 6.64. The van der Waals surface area contributed by atoms with E-state index in [9.17, 15) is 0 Å². The van der Waals surface area contributed by atoms with Crippen molar-refractivity contribution in [1.82, 2.24) is 9.97 Å². The molecular weight excluding hydrogens is 244 g/mol. The van der Waals surface area contributed by atoms with Crippen molar-refractivity contribution in [3.8, 4) is 23.6 Å². The second-order valence-electron chi connectivity index (χ2n) is 4.59. The zero-order valence-electron chi connectivity index (χ0n) is 11.3. The van der Waals surface area contributed by atoms with Crippen LogP contribution in [0, 0.1) is 12.3 Å². The van der Waals surface area contributed by atoms with Crippen LogP contribution in [-0.2, 0) is 6.42 Å². The van der Waals surface area contributed by atoms with Gasteiger partial charge in [-0.25, -0.2) is 4.98 Å². The van der Waals surface area contributed by atoms with E-state index in [-0.39, 0.29) is 0 Å². The highest BCUT2D eigenvalue weighted by Crippen LogP contribution is 2.26. The van der Waals surface area contributed by atoms with Crippen molar-refractivity contribution in [3.05, 3.63) is 59.8 Å². The molecule has 0 bridgehead atoms. The molecule has 2 aromatic heterocycles. The molecule has 0 atom stereocenters. The van der Waals surface area contributed by atoms with Crippen molar-refractivity contribution in [1.29, 1.82) is 0 Å². The highest BCUT2D eigenvalue weighted by atomic mass is 14.8. The van der Waals surface area contributed by atoms with Gasteiger partial charge < -0.3 is 0 Å². The predicted octanol–water partition coefficient (Wildman–Crippen LogP) is 3.84. The number of pyridine rings is 2. The van der Waals surface area contributed by atoms with E-state index >= 15 is 0 Å². The van der Waals surface area contributed by atoms with Crippen LogP contribution in [0.4, 0.5) is 0 Å². The third kappa shape index (κ3) is 2.04. The molecule has 0 aliphatic rings. The number of nitrogens with zero attached hydrogens (tertiary/aromatic N) is 2. The first-order valence-corrected chi connectivity index (χ1v) is 6.64. The van der Waals surface area contributed by atoms with Crippen LogP contribution in [0.25, 0.3) is 22.3 Å². The summed E-state index contributed by atoms with van der Waals surface area (Å²) in [5, 5.41) is 0. The van der Waals surface area contributed by atoms with E-state index in [1.165, 1.54) is 5.56 Å². The van der Waals surface area contributed by atoms with E-state index < -0.39 is 0 Å². The lowest BCUT2D eigenvalue weighted by molar-refractivity contribution is 1.12. The highest BCUT2D eigenvalue weighted by molar-refractivity contribution is 5.84. The highest BCUT2D eigenvalue weighted by Gasteiger charge is 2.10. The van der Waals surface area contributed by atoms with E-state index in [0.29, 0.717) is 0 Å². The zero-order valence-corrected chi connectivity index (χ0v) is 11.3. The third-order valence-electron chi connectivity index (χ3n) is 3.37. The Morgan fingerprint density at radius 3 is 2.65 bits per heavy atom. The van der Waals surface area contributed by atoms with Crippen LogP contribution in [0.3, 0.4) is 0 Å². The van der Waals surface area contributed by atoms with E-state index in [1.807, 2.05) is 24.3 Å². The SMILES string of the molecule is C#Cc1ccnc2cc(CC)c(-c3ccccc3)nc12. The minimum absolute atomic E-state index is 0.787. The Kier molecular flexibility index (Phi) is 3.18. The second kappa shape index (κ2) is 5.14. The maximum absolute atomic E-state index is 5.56. The molecule has 3 rings (SSSR count). The van der Waals surface area contributed by atoms with Crippen LogP contribution in [-0.4, -0.2) is 9.97 Å². The van der Waals surface area contributed by atoms with Crippen molar-refractivity contribution < 1.29 is 0 Å². The minimum atomic E-state index is 0.787. The van der Waals surface area contributed by atoms with Crippen LogP contribution in [0.2, 0.25) is 0 Å². The summed E-state index contributed by atoms with van der Waals surface area (Å²) in [6, 6.07) is 14.1. The van der Waals surface area contributed by atoms with Crippen molar-refractivity contribution in [2.75, 3.05) is 0 Å². The fourth-order valence-corrected chi connectivity index (χ4v) is 2.34. The number of fused-ring (bicyclic) bond motifs is 1. The number of hydrogen-bond acceptors (Lipinski definition) is 2. The maximum atomic E-state index is 5.56. The first-order chi connectivity index (χ1) is 9.83. The molecule has 2 heteroatoms. The Bertz CT molecular complexity index is 799. The van der Waals surface area contributed by atoms with Crippen molar-refractivity contribution in [2.45, 2.75) is 13.3 Å². The number of terminal acetylenes is 1. The monoisotopic (exact) mass is 258 g/mol. The molecule has 0 radical (unpaired) electrons. The quantitative estimate of drug-likeness (QED) is 0.653. The summed E-state index contributed by atoms with van der Waals surface area (Å²) in [6.45, 7) is 2.13. The molecule has 20 heavy (non-hydrogen) atoms. The largest absolute Gasteiger partial charge is 0.255 e. The van der Waals surface area contributed by atoms with Gasteiger partial charge in [0.1, 0.15) is 5.52 Å². The molecule has 0 saturated carbocycles. The number of aryl methyl sites for hydroxylation is 1. The number of hydrogen-bond donors (Lipinski definition) is 0. The zero-order chi connectivity index (χ0) is 13.9. The van der Waals surface area contributed by atoms with E-state index in [4.69, 9.17) is 11.4 Å². The van der Waals surface area contributed by atoms with Gasteiger partial charge >= 0.3 is 0 Å². The second-order valence-corrected chi connectivity index (χ2v) is 4.59. The number of benzene rings is 1. The van der Waals surface area contributed by atoms with Gasteiger partial charge in [0.2, 0.25) is 0 Å². The molecule has 0 N–H and O–H groups in total. The van der Waals surface area contributed by atoms with E-state index in [2.05, 4.69) is 36.0 Å². The maximum Gasteiger partial charge on any atom is 0.105 e. The Morgan fingerprint density at radius 2 is 1.95 bits per heavy atom. The van der Waals surface area contributed by atoms with Gasteiger partial charge in [0, 0.05) is 11.8 Å². The fraction of sp³-hybridized carbons (Fsp3) is 0.111. The van der Waals surface area contributed by atoms with Gasteiger partial charge in [0.25, 0.3) is 0 Å². The molecule has 2 heterocycles. The molecule has 0 unspecified atom stereocenters. The van der Waals surface area contributed by atoms with Gasteiger partial charge in [-0.1, -0.05) is 43.2 Å². The van der Waals surface area contributed by atoms with Gasteiger partial charge in [-0.05, 0) is 24.1 Å². The Labute approximate surface area is 118 Å². The first kappa shape index (κ1) is 12.4. The molecule has 0 fully saturated rings. The average Bonchev–Trinajstić information content (AvgIpc) is 2.53. The molecule has 0 amide bonds. The molecular formula is C18H14N2.